The van der Waals surface area contributed by atoms with E-state index in [1.165, 1.54) is 0 Å². The van der Waals surface area contributed by atoms with E-state index in [0.29, 0.717) is 5.95 Å². The van der Waals surface area contributed by atoms with E-state index in [-0.39, 0.29) is 0 Å². The Hall–Kier alpha value is -1.03. The molecule has 0 aliphatic heterocycles. The summed E-state index contributed by atoms with van der Waals surface area (Å²) in [6.45, 7) is 3.98. The fourth-order valence-corrected chi connectivity index (χ4v) is 0.866. The van der Waals surface area contributed by atoms with Gasteiger partial charge in [0.25, 0.3) is 0 Å². The molecule has 0 aliphatic carbocycles. The second-order valence-electron chi connectivity index (χ2n) is 2.47. The van der Waals surface area contributed by atoms with Crippen LogP contribution in [0.3, 0.4) is 0 Å². The molecule has 1 aromatic rings. The summed E-state index contributed by atoms with van der Waals surface area (Å²) in [4.78, 5) is 6.82. The average Bonchev–Trinajstić information content (AvgIpc) is 2.37. The molecule has 4 N–H and O–H groups in total. The topological polar surface area (TPSA) is 66.7 Å². The number of hydrogen-bond donors (Lipinski definition) is 3. The van der Waals surface area contributed by atoms with Gasteiger partial charge in [-0.05, 0) is 13.0 Å². The molecule has 0 spiro atoms. The van der Waals surface area contributed by atoms with Gasteiger partial charge in [-0.3, -0.25) is 0 Å². The van der Waals surface area contributed by atoms with E-state index in [0.717, 1.165) is 25.2 Å². The van der Waals surface area contributed by atoms with Crippen molar-refractivity contribution in [3.63, 3.8) is 0 Å². The lowest BCUT2D eigenvalue weighted by atomic mass is 10.4. The van der Waals surface area contributed by atoms with Crippen molar-refractivity contribution in [3.05, 3.63) is 11.9 Å². The van der Waals surface area contributed by atoms with E-state index < -0.39 is 0 Å². The van der Waals surface area contributed by atoms with Crippen molar-refractivity contribution >= 4 is 5.95 Å². The minimum atomic E-state index is 0.485. The maximum absolute atomic E-state index is 5.39. The summed E-state index contributed by atoms with van der Waals surface area (Å²) < 4.78 is 0. The van der Waals surface area contributed by atoms with E-state index in [4.69, 9.17) is 5.73 Å². The molecule has 1 aromatic heterocycles. The van der Waals surface area contributed by atoms with Crippen LogP contribution in [0.15, 0.2) is 6.20 Å². The quantitative estimate of drug-likeness (QED) is 0.553. The fraction of sp³-hybridized carbons (Fsp3) is 0.571. The maximum atomic E-state index is 5.39. The first kappa shape index (κ1) is 8.07. The molecule has 0 aliphatic rings. The van der Waals surface area contributed by atoms with Crippen LogP contribution in [0.5, 0.6) is 0 Å². The molecule has 0 saturated heterocycles. The largest absolute Gasteiger partial charge is 0.369 e. The Kier molecular flexibility index (Phi) is 2.92. The van der Waals surface area contributed by atoms with Crippen LogP contribution in [0.25, 0.3) is 0 Å². The second kappa shape index (κ2) is 3.98. The average molecular weight is 154 g/mol. The Balaban J connectivity index is 2.27. The van der Waals surface area contributed by atoms with Crippen LogP contribution >= 0.6 is 0 Å². The second-order valence-corrected chi connectivity index (χ2v) is 2.47. The summed E-state index contributed by atoms with van der Waals surface area (Å²) in [5, 5.41) is 3.24. The van der Waals surface area contributed by atoms with Gasteiger partial charge in [-0.1, -0.05) is 6.92 Å². The summed E-state index contributed by atoms with van der Waals surface area (Å²) in [7, 11) is 0. The van der Waals surface area contributed by atoms with Crippen LogP contribution in [-0.4, -0.2) is 16.5 Å². The lowest BCUT2D eigenvalue weighted by Gasteiger charge is -1.98. The minimum Gasteiger partial charge on any atom is -0.369 e. The molecule has 62 valence electrons. The highest BCUT2D eigenvalue weighted by molar-refractivity contribution is 5.18. The lowest BCUT2D eigenvalue weighted by Crippen LogP contribution is -2.13. The van der Waals surface area contributed by atoms with Crippen molar-refractivity contribution < 1.29 is 0 Å². The predicted molar refractivity (Wildman–Crippen MR) is 45.0 cm³/mol. The first-order valence-corrected chi connectivity index (χ1v) is 3.83. The molecule has 0 aromatic carbocycles. The first-order chi connectivity index (χ1) is 5.33. The van der Waals surface area contributed by atoms with E-state index in [9.17, 15) is 0 Å². The molecule has 11 heavy (non-hydrogen) atoms. The Bertz CT molecular complexity index is 206. The molecule has 0 radical (unpaired) electrons. The molecule has 0 fully saturated rings. The van der Waals surface area contributed by atoms with Crippen LogP contribution in [0.1, 0.15) is 19.0 Å². The Morgan fingerprint density at radius 2 is 2.55 bits per heavy atom. The molecular formula is C7H14N4. The van der Waals surface area contributed by atoms with Gasteiger partial charge in [-0.25, -0.2) is 4.98 Å². The normalized spacial score (nSPS) is 10.3. The molecule has 1 heterocycles. The maximum Gasteiger partial charge on any atom is 0.197 e. The summed E-state index contributed by atoms with van der Waals surface area (Å²) >= 11 is 0. The van der Waals surface area contributed by atoms with Gasteiger partial charge in [0.05, 0.1) is 11.9 Å². The number of anilines is 1. The third kappa shape index (κ3) is 2.59. The van der Waals surface area contributed by atoms with Gasteiger partial charge in [-0.2, -0.15) is 0 Å². The van der Waals surface area contributed by atoms with E-state index in [1.54, 1.807) is 6.20 Å². The molecule has 0 amide bonds. The number of aromatic nitrogens is 2. The predicted octanol–water partition coefficient (Wildman–Crippen LogP) is 0.491. The number of nitrogen functional groups attached to an aromatic ring is 1. The SMILES string of the molecule is CCCNCc1cnc(N)[nH]1. The van der Waals surface area contributed by atoms with Crippen LogP contribution < -0.4 is 11.1 Å². The summed E-state index contributed by atoms with van der Waals surface area (Å²) in [5.74, 6) is 0.485. The van der Waals surface area contributed by atoms with Crippen molar-refractivity contribution in [3.8, 4) is 0 Å². The highest BCUT2D eigenvalue weighted by Gasteiger charge is 1.94. The zero-order chi connectivity index (χ0) is 8.10. The summed E-state index contributed by atoms with van der Waals surface area (Å²) in [6.07, 6.45) is 2.89. The van der Waals surface area contributed by atoms with Crippen LogP contribution in [-0.2, 0) is 6.54 Å². The number of rotatable bonds is 4. The highest BCUT2D eigenvalue weighted by Crippen LogP contribution is 1.96. The summed E-state index contributed by atoms with van der Waals surface area (Å²) in [5.41, 5.74) is 6.43. The molecule has 0 bridgehead atoms. The van der Waals surface area contributed by atoms with Gasteiger partial charge in [0.15, 0.2) is 5.95 Å². The Morgan fingerprint density at radius 1 is 1.73 bits per heavy atom. The van der Waals surface area contributed by atoms with Gasteiger partial charge in [0, 0.05) is 6.54 Å². The van der Waals surface area contributed by atoms with Crippen molar-refractivity contribution in [2.24, 2.45) is 0 Å². The van der Waals surface area contributed by atoms with Crippen LogP contribution in [0.4, 0.5) is 5.95 Å². The van der Waals surface area contributed by atoms with E-state index in [1.807, 2.05) is 0 Å². The number of nitrogens with two attached hydrogens (primary N) is 1. The van der Waals surface area contributed by atoms with Crippen molar-refractivity contribution in [1.29, 1.82) is 0 Å². The molecule has 4 heteroatoms. The monoisotopic (exact) mass is 154 g/mol. The number of nitrogens with zero attached hydrogens (tertiary/aromatic N) is 1. The lowest BCUT2D eigenvalue weighted by molar-refractivity contribution is 0.667. The molecular weight excluding hydrogens is 140 g/mol. The van der Waals surface area contributed by atoms with Crippen LogP contribution in [0, 0.1) is 0 Å². The zero-order valence-corrected chi connectivity index (χ0v) is 6.72. The number of imidazole rings is 1. The Labute approximate surface area is 66.2 Å². The first-order valence-electron chi connectivity index (χ1n) is 3.83. The van der Waals surface area contributed by atoms with Crippen molar-refractivity contribution in [2.45, 2.75) is 19.9 Å². The molecule has 4 nitrogen and oxygen atoms in total. The smallest absolute Gasteiger partial charge is 0.197 e. The van der Waals surface area contributed by atoms with E-state index >= 15 is 0 Å². The Morgan fingerprint density at radius 3 is 3.09 bits per heavy atom. The number of nitrogens with one attached hydrogen (secondary N) is 2. The third-order valence-corrected chi connectivity index (χ3v) is 1.39. The third-order valence-electron chi connectivity index (χ3n) is 1.39. The van der Waals surface area contributed by atoms with E-state index in [2.05, 4.69) is 22.2 Å². The van der Waals surface area contributed by atoms with Crippen LogP contribution in [0.2, 0.25) is 0 Å². The molecule has 0 saturated carbocycles. The highest BCUT2D eigenvalue weighted by atomic mass is 15.0. The summed E-state index contributed by atoms with van der Waals surface area (Å²) in [6, 6.07) is 0. The fourth-order valence-electron chi connectivity index (χ4n) is 0.866. The minimum absolute atomic E-state index is 0.485. The molecule has 0 unspecified atom stereocenters. The van der Waals surface area contributed by atoms with Gasteiger partial charge in [0.1, 0.15) is 0 Å². The molecule has 0 atom stereocenters. The van der Waals surface area contributed by atoms with Crippen molar-refractivity contribution in [1.82, 2.24) is 15.3 Å². The standard InChI is InChI=1S/C7H14N4/c1-2-3-9-4-6-5-10-7(8)11-6/h5,9H,2-4H2,1H3,(H3,8,10,11). The number of aromatic amines is 1. The molecule has 1 rings (SSSR count). The van der Waals surface area contributed by atoms with Crippen molar-refractivity contribution in [2.75, 3.05) is 12.3 Å². The van der Waals surface area contributed by atoms with Gasteiger partial charge < -0.3 is 16.0 Å². The zero-order valence-electron chi connectivity index (χ0n) is 6.72. The number of H-pyrrole nitrogens is 1. The van der Waals surface area contributed by atoms with Gasteiger partial charge in [-0.15, -0.1) is 0 Å². The number of hydrogen-bond acceptors (Lipinski definition) is 3. The van der Waals surface area contributed by atoms with Gasteiger partial charge >= 0.3 is 0 Å². The van der Waals surface area contributed by atoms with Gasteiger partial charge in [0.2, 0.25) is 0 Å².